The van der Waals surface area contributed by atoms with Crippen LogP contribution in [0.1, 0.15) is 12.5 Å². The van der Waals surface area contributed by atoms with Gasteiger partial charge in [0.2, 0.25) is 0 Å². The van der Waals surface area contributed by atoms with Crippen molar-refractivity contribution in [3.05, 3.63) is 34.2 Å². The minimum Gasteiger partial charge on any atom is -0.504 e. The van der Waals surface area contributed by atoms with Gasteiger partial charge >= 0.3 is 5.63 Å². The molecule has 1 aromatic carbocycles. The van der Waals surface area contributed by atoms with E-state index >= 15 is 0 Å². The van der Waals surface area contributed by atoms with Gasteiger partial charge in [0, 0.05) is 17.0 Å². The third kappa shape index (κ3) is 1.52. The van der Waals surface area contributed by atoms with Crippen molar-refractivity contribution in [2.75, 3.05) is 7.11 Å². The van der Waals surface area contributed by atoms with Crippen molar-refractivity contribution in [2.24, 2.45) is 0 Å². The Morgan fingerprint density at radius 2 is 2.19 bits per heavy atom. The van der Waals surface area contributed by atoms with Crippen molar-refractivity contribution in [1.82, 2.24) is 0 Å². The lowest BCUT2D eigenvalue weighted by Gasteiger charge is -2.09. The SMILES string of the molecule is CCc1c(O)c(OC)cc2ccc(=O)oc12. The molecule has 0 unspecified atom stereocenters. The molecule has 0 aliphatic carbocycles. The Morgan fingerprint density at radius 3 is 2.81 bits per heavy atom. The van der Waals surface area contributed by atoms with Crippen LogP contribution in [-0.2, 0) is 6.42 Å². The van der Waals surface area contributed by atoms with Crippen LogP contribution in [-0.4, -0.2) is 12.2 Å². The Labute approximate surface area is 92.1 Å². The molecule has 16 heavy (non-hydrogen) atoms. The van der Waals surface area contributed by atoms with Crippen LogP contribution in [0.5, 0.6) is 11.5 Å². The summed E-state index contributed by atoms with van der Waals surface area (Å²) in [6.45, 7) is 1.88. The highest BCUT2D eigenvalue weighted by molar-refractivity contribution is 5.84. The summed E-state index contributed by atoms with van der Waals surface area (Å²) in [5, 5.41) is 10.6. The number of fused-ring (bicyclic) bond motifs is 1. The quantitative estimate of drug-likeness (QED) is 0.787. The summed E-state index contributed by atoms with van der Waals surface area (Å²) in [5.41, 5.74) is 0.590. The van der Waals surface area contributed by atoms with Crippen LogP contribution >= 0.6 is 0 Å². The highest BCUT2D eigenvalue weighted by Gasteiger charge is 2.13. The molecular formula is C12H12O4. The minimum atomic E-state index is -0.424. The second-order valence-electron chi connectivity index (χ2n) is 3.43. The molecule has 0 saturated heterocycles. The maximum Gasteiger partial charge on any atom is 0.336 e. The van der Waals surface area contributed by atoms with E-state index in [4.69, 9.17) is 9.15 Å². The number of benzene rings is 1. The topological polar surface area (TPSA) is 59.7 Å². The lowest BCUT2D eigenvalue weighted by molar-refractivity contribution is 0.370. The molecule has 1 aromatic heterocycles. The van der Waals surface area contributed by atoms with E-state index in [1.807, 2.05) is 6.92 Å². The average Bonchev–Trinajstić information content (AvgIpc) is 2.28. The molecule has 4 nitrogen and oxygen atoms in total. The molecule has 4 heteroatoms. The van der Waals surface area contributed by atoms with E-state index in [1.54, 1.807) is 12.1 Å². The van der Waals surface area contributed by atoms with Gasteiger partial charge in [0.05, 0.1) is 7.11 Å². The average molecular weight is 220 g/mol. The number of hydrogen-bond donors (Lipinski definition) is 1. The monoisotopic (exact) mass is 220 g/mol. The van der Waals surface area contributed by atoms with Gasteiger partial charge in [-0.3, -0.25) is 0 Å². The van der Waals surface area contributed by atoms with Gasteiger partial charge in [-0.15, -0.1) is 0 Å². The Morgan fingerprint density at radius 1 is 1.44 bits per heavy atom. The fourth-order valence-electron chi connectivity index (χ4n) is 1.73. The van der Waals surface area contributed by atoms with Crippen molar-refractivity contribution in [1.29, 1.82) is 0 Å². The molecule has 2 rings (SSSR count). The molecular weight excluding hydrogens is 208 g/mol. The van der Waals surface area contributed by atoms with Gasteiger partial charge in [-0.2, -0.15) is 0 Å². The third-order valence-corrected chi connectivity index (χ3v) is 2.52. The van der Waals surface area contributed by atoms with Crippen LogP contribution in [0.2, 0.25) is 0 Å². The smallest absolute Gasteiger partial charge is 0.336 e. The summed E-state index contributed by atoms with van der Waals surface area (Å²) in [6.07, 6.45) is 0.562. The van der Waals surface area contributed by atoms with Crippen LogP contribution in [0.4, 0.5) is 0 Å². The molecule has 1 N–H and O–H groups in total. The molecule has 84 valence electrons. The number of rotatable bonds is 2. The summed E-state index contributed by atoms with van der Waals surface area (Å²) in [5.74, 6) is 0.421. The zero-order valence-electron chi connectivity index (χ0n) is 9.11. The normalized spacial score (nSPS) is 10.6. The minimum absolute atomic E-state index is 0.0341. The molecule has 0 aliphatic heterocycles. The fraction of sp³-hybridized carbons (Fsp3) is 0.250. The predicted octanol–water partition coefficient (Wildman–Crippen LogP) is 2.07. The van der Waals surface area contributed by atoms with Gasteiger partial charge in [-0.25, -0.2) is 4.79 Å². The number of methoxy groups -OCH3 is 1. The van der Waals surface area contributed by atoms with E-state index in [0.29, 0.717) is 23.3 Å². The molecule has 0 bridgehead atoms. The first kappa shape index (κ1) is 10.5. The van der Waals surface area contributed by atoms with Crippen LogP contribution in [0.3, 0.4) is 0 Å². The predicted molar refractivity (Wildman–Crippen MR) is 60.1 cm³/mol. The van der Waals surface area contributed by atoms with Crippen molar-refractivity contribution < 1.29 is 14.3 Å². The summed E-state index contributed by atoms with van der Waals surface area (Å²) < 4.78 is 10.1. The molecule has 2 aromatic rings. The Kier molecular flexibility index (Phi) is 2.56. The van der Waals surface area contributed by atoms with Gasteiger partial charge in [-0.05, 0) is 18.6 Å². The van der Waals surface area contributed by atoms with E-state index in [0.717, 1.165) is 5.39 Å². The summed E-state index contributed by atoms with van der Waals surface area (Å²) in [6, 6.07) is 4.65. The zero-order chi connectivity index (χ0) is 11.7. The Balaban J connectivity index is 2.90. The molecule has 0 atom stereocenters. The molecule has 0 aliphatic rings. The van der Waals surface area contributed by atoms with Crippen molar-refractivity contribution in [3.8, 4) is 11.5 Å². The van der Waals surface area contributed by atoms with E-state index in [2.05, 4.69) is 0 Å². The Bertz CT molecular complexity index is 583. The van der Waals surface area contributed by atoms with Gasteiger partial charge in [-0.1, -0.05) is 6.92 Å². The number of hydrogen-bond acceptors (Lipinski definition) is 4. The molecule has 0 fully saturated rings. The van der Waals surface area contributed by atoms with Crippen LogP contribution in [0.25, 0.3) is 11.0 Å². The first-order valence-electron chi connectivity index (χ1n) is 5.00. The summed E-state index contributed by atoms with van der Waals surface area (Å²) in [7, 11) is 1.49. The Hall–Kier alpha value is -1.97. The lowest BCUT2D eigenvalue weighted by Crippen LogP contribution is -1.98. The maximum absolute atomic E-state index is 11.1. The molecule has 0 spiro atoms. The maximum atomic E-state index is 11.1. The second kappa shape index (κ2) is 3.89. The highest BCUT2D eigenvalue weighted by Crippen LogP contribution is 2.36. The van der Waals surface area contributed by atoms with E-state index in [9.17, 15) is 9.90 Å². The van der Waals surface area contributed by atoms with Crippen molar-refractivity contribution in [3.63, 3.8) is 0 Å². The van der Waals surface area contributed by atoms with Gasteiger partial charge < -0.3 is 14.3 Å². The second-order valence-corrected chi connectivity index (χ2v) is 3.43. The standard InChI is InChI=1S/C12H12O4/c1-3-8-11(14)9(15-2)6-7-4-5-10(13)16-12(7)8/h4-6,14H,3H2,1-2H3. The van der Waals surface area contributed by atoms with Crippen LogP contribution in [0.15, 0.2) is 27.4 Å². The van der Waals surface area contributed by atoms with E-state index < -0.39 is 5.63 Å². The number of aromatic hydroxyl groups is 1. The fourth-order valence-corrected chi connectivity index (χ4v) is 1.73. The van der Waals surface area contributed by atoms with Crippen molar-refractivity contribution in [2.45, 2.75) is 13.3 Å². The number of phenolic OH excluding ortho intramolecular Hbond substituents is 1. The molecule has 0 radical (unpaired) electrons. The summed E-state index contributed by atoms with van der Waals surface area (Å²) in [4.78, 5) is 11.1. The van der Waals surface area contributed by atoms with Crippen molar-refractivity contribution >= 4 is 11.0 Å². The van der Waals surface area contributed by atoms with E-state index in [1.165, 1.54) is 13.2 Å². The number of ether oxygens (including phenoxy) is 1. The molecule has 1 heterocycles. The third-order valence-electron chi connectivity index (χ3n) is 2.52. The largest absolute Gasteiger partial charge is 0.504 e. The number of aryl methyl sites for hydroxylation is 1. The molecule has 0 saturated carbocycles. The van der Waals surface area contributed by atoms with Gasteiger partial charge in [0.1, 0.15) is 5.58 Å². The van der Waals surface area contributed by atoms with Crippen LogP contribution < -0.4 is 10.4 Å². The summed E-state index contributed by atoms with van der Waals surface area (Å²) >= 11 is 0. The van der Waals surface area contributed by atoms with Crippen LogP contribution in [0, 0.1) is 0 Å². The van der Waals surface area contributed by atoms with Gasteiger partial charge in [0.15, 0.2) is 11.5 Å². The van der Waals surface area contributed by atoms with E-state index in [-0.39, 0.29) is 5.75 Å². The number of phenols is 1. The molecule has 0 amide bonds. The zero-order valence-corrected chi connectivity index (χ0v) is 9.11. The first-order valence-corrected chi connectivity index (χ1v) is 5.00. The lowest BCUT2D eigenvalue weighted by atomic mass is 10.1. The highest BCUT2D eigenvalue weighted by atomic mass is 16.5. The van der Waals surface area contributed by atoms with Gasteiger partial charge in [0.25, 0.3) is 0 Å². The first-order chi connectivity index (χ1) is 7.67.